The molecule has 0 N–H and O–H groups in total. The predicted octanol–water partition coefficient (Wildman–Crippen LogP) is -4.82. The zero-order valence-electron chi connectivity index (χ0n) is 12.4. The summed E-state index contributed by atoms with van der Waals surface area (Å²) in [7, 11) is -3.06. The van der Waals surface area contributed by atoms with Crippen LogP contribution in [0.3, 0.4) is 0 Å². The van der Waals surface area contributed by atoms with E-state index in [4.69, 9.17) is 0 Å². The van der Waals surface area contributed by atoms with Crippen LogP contribution in [0.25, 0.3) is 0 Å². The van der Waals surface area contributed by atoms with E-state index in [0.29, 0.717) is 9.46 Å². The molecular weight excluding hydrogens is 357 g/mol. The molecule has 0 spiro atoms. The normalized spacial score (nSPS) is 23.3. The number of nitrogens with zero attached hydrogens (tertiary/aromatic N) is 5. The molecule has 2 saturated heterocycles. The molecule has 10 nitrogen and oxygen atoms in total. The van der Waals surface area contributed by atoms with Gasteiger partial charge in [0, 0.05) is 13.6 Å². The molecule has 2 fully saturated rings. The van der Waals surface area contributed by atoms with Gasteiger partial charge in [0.15, 0.2) is 15.5 Å². The minimum atomic E-state index is -4.80. The van der Waals surface area contributed by atoms with Gasteiger partial charge in [0.1, 0.15) is 12.4 Å². The molecule has 13 heteroatoms. The number of aromatic nitrogens is 3. The van der Waals surface area contributed by atoms with Crippen molar-refractivity contribution in [1.82, 2.24) is 24.0 Å². The maximum atomic E-state index is 12.2. The third-order valence-electron chi connectivity index (χ3n) is 3.69. The standard InChI is InChI=1S/C10H13N5O5S2.Na/c1-13-5-11-12-10(13)21-4-7(16)14-3-2-6-8(14)9(17)15(6)22(18,19)20;/h5-6,8H,2-4H2,1H3,(H,18,19,20);/q;+1/p-1/t6-,8+;/m1./s1. The van der Waals surface area contributed by atoms with Crippen LogP contribution in [-0.2, 0) is 26.9 Å². The van der Waals surface area contributed by atoms with E-state index in [1.165, 1.54) is 23.0 Å². The summed E-state index contributed by atoms with van der Waals surface area (Å²) in [6, 6.07) is -1.56. The molecule has 1 aromatic rings. The molecule has 3 rings (SSSR count). The number of hydrogen-bond acceptors (Lipinski definition) is 8. The van der Waals surface area contributed by atoms with Gasteiger partial charge in [-0.05, 0) is 6.42 Å². The quantitative estimate of drug-likeness (QED) is 0.224. The van der Waals surface area contributed by atoms with Gasteiger partial charge in [-0.1, -0.05) is 11.8 Å². The molecule has 0 unspecified atom stereocenters. The molecule has 0 saturated carbocycles. The van der Waals surface area contributed by atoms with Crippen molar-refractivity contribution in [1.29, 1.82) is 0 Å². The average molecular weight is 369 g/mol. The van der Waals surface area contributed by atoms with E-state index < -0.39 is 28.3 Å². The van der Waals surface area contributed by atoms with Gasteiger partial charge in [-0.3, -0.25) is 9.59 Å². The number of amides is 2. The second-order valence-electron chi connectivity index (χ2n) is 4.99. The van der Waals surface area contributed by atoms with Crippen LogP contribution in [0.15, 0.2) is 11.5 Å². The Balaban J connectivity index is 0.00000192. The Bertz CT molecular complexity index is 738. The second-order valence-corrected chi connectivity index (χ2v) is 7.18. The third-order valence-corrected chi connectivity index (χ3v) is 5.64. The number of carbonyl (C=O) groups is 2. The fraction of sp³-hybridized carbons (Fsp3) is 0.600. The summed E-state index contributed by atoms with van der Waals surface area (Å²) in [5.41, 5.74) is 0. The van der Waals surface area contributed by atoms with Crippen LogP contribution < -0.4 is 29.6 Å². The van der Waals surface area contributed by atoms with Gasteiger partial charge in [-0.25, -0.2) is 12.7 Å². The summed E-state index contributed by atoms with van der Waals surface area (Å²) in [6.07, 6.45) is 1.80. The Hall–Kier alpha value is -0.660. The Morgan fingerprint density at radius 1 is 1.52 bits per heavy atom. The summed E-state index contributed by atoms with van der Waals surface area (Å²) >= 11 is 1.18. The van der Waals surface area contributed by atoms with Crippen molar-refractivity contribution in [2.45, 2.75) is 23.7 Å². The van der Waals surface area contributed by atoms with E-state index in [2.05, 4.69) is 10.2 Å². The summed E-state index contributed by atoms with van der Waals surface area (Å²) in [5.74, 6) is -1.06. The second kappa shape index (κ2) is 6.69. The van der Waals surface area contributed by atoms with E-state index in [0.717, 1.165) is 0 Å². The minimum absolute atomic E-state index is 0. The molecule has 2 atom stereocenters. The van der Waals surface area contributed by atoms with Gasteiger partial charge in [-0.2, -0.15) is 0 Å². The van der Waals surface area contributed by atoms with E-state index in [-0.39, 0.29) is 54.2 Å². The average Bonchev–Trinajstić information content (AvgIpc) is 2.98. The SMILES string of the molecule is Cn1cnnc1SCC(=O)N1CC[C@@H]2[C@H]1C(=O)N2S(=O)(=O)[O-].[Na+]. The maximum absolute atomic E-state index is 12.2. The Labute approximate surface area is 158 Å². The third kappa shape index (κ3) is 3.28. The van der Waals surface area contributed by atoms with Crippen LogP contribution in [0.2, 0.25) is 0 Å². The summed E-state index contributed by atoms with van der Waals surface area (Å²) in [5, 5.41) is 8.08. The Morgan fingerprint density at radius 3 is 2.78 bits per heavy atom. The fourth-order valence-electron chi connectivity index (χ4n) is 2.70. The summed E-state index contributed by atoms with van der Waals surface area (Å²) in [6.45, 7) is 0.255. The van der Waals surface area contributed by atoms with E-state index in [1.807, 2.05) is 0 Å². The van der Waals surface area contributed by atoms with E-state index >= 15 is 0 Å². The number of likely N-dealkylation sites (tertiary alicyclic amines) is 1. The van der Waals surface area contributed by atoms with Crippen LogP contribution in [0.5, 0.6) is 0 Å². The first-order valence-corrected chi connectivity index (χ1v) is 8.71. The monoisotopic (exact) mass is 369 g/mol. The first-order chi connectivity index (χ1) is 10.3. The number of carbonyl (C=O) groups excluding carboxylic acids is 2. The van der Waals surface area contributed by atoms with E-state index in [1.54, 1.807) is 11.6 Å². The molecular formula is C10H12N5NaO5S2. The molecule has 0 radical (unpaired) electrons. The molecule has 3 heterocycles. The minimum Gasteiger partial charge on any atom is -0.731 e. The number of β-lactam (4-membered cyclic amide) rings is 1. The zero-order valence-corrected chi connectivity index (χ0v) is 16.1. The van der Waals surface area contributed by atoms with Crippen molar-refractivity contribution < 1.29 is 52.1 Å². The number of fused-ring (bicyclic) bond motifs is 1. The largest absolute Gasteiger partial charge is 1.00 e. The molecule has 2 aliphatic heterocycles. The first-order valence-electron chi connectivity index (χ1n) is 6.36. The molecule has 2 amide bonds. The smallest absolute Gasteiger partial charge is 0.731 e. The predicted molar refractivity (Wildman–Crippen MR) is 72.2 cm³/mol. The van der Waals surface area contributed by atoms with Gasteiger partial charge in [0.25, 0.3) is 5.91 Å². The van der Waals surface area contributed by atoms with Crippen molar-refractivity contribution in [3.05, 3.63) is 6.33 Å². The number of rotatable bonds is 4. The van der Waals surface area contributed by atoms with Crippen LogP contribution in [0.4, 0.5) is 0 Å². The van der Waals surface area contributed by atoms with Crippen molar-refractivity contribution in [2.24, 2.45) is 7.05 Å². The molecule has 0 bridgehead atoms. The zero-order chi connectivity index (χ0) is 16.1. The fourth-order valence-corrected chi connectivity index (χ4v) is 4.35. The topological polar surface area (TPSA) is 129 Å². The van der Waals surface area contributed by atoms with Gasteiger partial charge >= 0.3 is 29.6 Å². The molecule has 0 aliphatic carbocycles. The summed E-state index contributed by atoms with van der Waals surface area (Å²) < 4.78 is 34.9. The van der Waals surface area contributed by atoms with Crippen molar-refractivity contribution in [3.8, 4) is 0 Å². The molecule has 120 valence electrons. The number of thioether (sulfide) groups is 1. The van der Waals surface area contributed by atoms with Crippen LogP contribution in [0, 0.1) is 0 Å². The Morgan fingerprint density at radius 2 is 2.22 bits per heavy atom. The van der Waals surface area contributed by atoms with Crippen molar-refractivity contribution in [2.75, 3.05) is 12.3 Å². The van der Waals surface area contributed by atoms with Gasteiger partial charge in [0.2, 0.25) is 5.91 Å². The van der Waals surface area contributed by atoms with Crippen molar-refractivity contribution >= 4 is 33.9 Å². The van der Waals surface area contributed by atoms with E-state index in [9.17, 15) is 22.6 Å². The molecule has 1 aromatic heterocycles. The van der Waals surface area contributed by atoms with Gasteiger partial charge in [0.05, 0.1) is 11.8 Å². The van der Waals surface area contributed by atoms with Crippen LogP contribution >= 0.6 is 11.8 Å². The summed E-state index contributed by atoms with van der Waals surface area (Å²) in [4.78, 5) is 25.3. The molecule has 2 aliphatic rings. The Kier molecular flexibility index (Phi) is 5.43. The van der Waals surface area contributed by atoms with Gasteiger partial charge in [-0.15, -0.1) is 10.2 Å². The molecule has 23 heavy (non-hydrogen) atoms. The van der Waals surface area contributed by atoms with Crippen LogP contribution in [0.1, 0.15) is 6.42 Å². The maximum Gasteiger partial charge on any atom is 1.00 e. The number of hydrogen-bond donors (Lipinski definition) is 0. The number of aryl methyl sites for hydroxylation is 1. The van der Waals surface area contributed by atoms with Gasteiger partial charge < -0.3 is 14.0 Å². The van der Waals surface area contributed by atoms with Crippen LogP contribution in [-0.4, -0.2) is 73.1 Å². The first kappa shape index (κ1) is 18.7. The van der Waals surface area contributed by atoms with Crippen molar-refractivity contribution in [3.63, 3.8) is 0 Å². The molecule has 0 aromatic carbocycles.